The van der Waals surface area contributed by atoms with Crippen molar-refractivity contribution < 1.29 is 35.0 Å². The zero-order chi connectivity index (χ0) is 31.1. The molecule has 1 fully saturated rings. The SMILES string of the molecule is COc1ncnc2c1c(I)nn2[C@@]1(O)O[C@H](C(O)(CO)CO)[C@@H](O)C1c1ccccc1C(c1ccccc1)c1ccccc1. The number of aromatic nitrogens is 4. The summed E-state index contributed by atoms with van der Waals surface area (Å²) in [6.07, 6.45) is -2.00. The number of fused-ring (bicyclic) bond motifs is 1. The van der Waals surface area contributed by atoms with E-state index in [-0.39, 0.29) is 17.4 Å². The first-order valence-electron chi connectivity index (χ1n) is 13.9. The van der Waals surface area contributed by atoms with Crippen LogP contribution in [-0.4, -0.2) is 83.4 Å². The van der Waals surface area contributed by atoms with Gasteiger partial charge in [0.15, 0.2) is 5.65 Å². The van der Waals surface area contributed by atoms with Gasteiger partial charge in [-0.3, -0.25) is 0 Å². The third-order valence-corrected chi connectivity index (χ3v) is 8.98. The second-order valence-corrected chi connectivity index (χ2v) is 11.8. The average Bonchev–Trinajstić information content (AvgIpc) is 3.56. The van der Waals surface area contributed by atoms with E-state index >= 15 is 0 Å². The Morgan fingerprint density at radius 2 is 1.55 bits per heavy atom. The number of aliphatic hydroxyl groups is 5. The van der Waals surface area contributed by atoms with Crippen LogP contribution in [-0.2, 0) is 10.6 Å². The number of aliphatic hydroxyl groups excluding tert-OH is 3. The highest BCUT2D eigenvalue weighted by Crippen LogP contribution is 2.51. The molecule has 1 aliphatic rings. The van der Waals surface area contributed by atoms with E-state index < -0.39 is 42.9 Å². The second kappa shape index (κ2) is 12.1. The molecule has 0 saturated carbocycles. The molecule has 0 aliphatic carbocycles. The molecule has 11 nitrogen and oxygen atoms in total. The number of hydrogen-bond donors (Lipinski definition) is 5. The van der Waals surface area contributed by atoms with Crippen molar-refractivity contribution in [3.8, 4) is 5.88 Å². The molecule has 5 aromatic rings. The van der Waals surface area contributed by atoms with Crippen LogP contribution in [0.25, 0.3) is 11.0 Å². The van der Waals surface area contributed by atoms with Crippen LogP contribution in [0.4, 0.5) is 0 Å². The summed E-state index contributed by atoms with van der Waals surface area (Å²) in [5.74, 6) is -3.85. The van der Waals surface area contributed by atoms with Crippen LogP contribution >= 0.6 is 22.6 Å². The third-order valence-electron chi connectivity index (χ3n) is 8.23. The first-order valence-corrected chi connectivity index (χ1v) is 15.0. The minimum atomic E-state index is -2.46. The molecule has 0 amide bonds. The Morgan fingerprint density at radius 3 is 2.14 bits per heavy atom. The number of benzene rings is 3. The van der Waals surface area contributed by atoms with Crippen LogP contribution in [0.5, 0.6) is 5.88 Å². The van der Waals surface area contributed by atoms with E-state index in [2.05, 4.69) is 15.1 Å². The fraction of sp³-hybridized carbons (Fsp3) is 0.281. The van der Waals surface area contributed by atoms with Crippen LogP contribution in [0.15, 0.2) is 91.3 Å². The van der Waals surface area contributed by atoms with Gasteiger partial charge in [0.05, 0.1) is 32.3 Å². The lowest BCUT2D eigenvalue weighted by atomic mass is 9.77. The molecular weight excluding hydrogens is 679 g/mol. The highest BCUT2D eigenvalue weighted by atomic mass is 127. The van der Waals surface area contributed by atoms with Gasteiger partial charge in [0.25, 0.3) is 5.91 Å². The lowest BCUT2D eigenvalue weighted by Crippen LogP contribution is -2.54. The Bertz CT molecular complexity index is 1710. The summed E-state index contributed by atoms with van der Waals surface area (Å²) in [6, 6.07) is 27.0. The zero-order valence-corrected chi connectivity index (χ0v) is 25.8. The molecule has 4 atom stereocenters. The fourth-order valence-corrected chi connectivity index (χ4v) is 6.81. The summed E-state index contributed by atoms with van der Waals surface area (Å²) in [5, 5.41) is 61.0. The number of hydrogen-bond acceptors (Lipinski definition) is 10. The largest absolute Gasteiger partial charge is 0.480 e. The van der Waals surface area contributed by atoms with E-state index in [1.807, 2.05) is 95.4 Å². The van der Waals surface area contributed by atoms with Gasteiger partial charge in [-0.25, -0.2) is 9.97 Å². The van der Waals surface area contributed by atoms with Crippen molar-refractivity contribution in [1.82, 2.24) is 19.7 Å². The summed E-state index contributed by atoms with van der Waals surface area (Å²) in [4.78, 5) is 8.51. The fourth-order valence-electron chi connectivity index (χ4n) is 6.12. The maximum atomic E-state index is 12.6. The van der Waals surface area contributed by atoms with Gasteiger partial charge in [0.2, 0.25) is 5.88 Å². The number of nitrogens with zero attached hydrogens (tertiary/aromatic N) is 4. The molecule has 6 rings (SSSR count). The van der Waals surface area contributed by atoms with Crippen molar-refractivity contribution in [3.05, 3.63) is 117 Å². The van der Waals surface area contributed by atoms with Gasteiger partial charge < -0.3 is 35.0 Å². The maximum Gasteiger partial charge on any atom is 0.280 e. The predicted molar refractivity (Wildman–Crippen MR) is 168 cm³/mol. The number of methoxy groups -OCH3 is 1. The molecule has 0 bridgehead atoms. The average molecular weight is 711 g/mol. The Morgan fingerprint density at radius 1 is 0.955 bits per heavy atom. The first kappa shape index (κ1) is 30.5. The molecule has 2 aromatic heterocycles. The van der Waals surface area contributed by atoms with E-state index in [0.29, 0.717) is 14.7 Å². The highest BCUT2D eigenvalue weighted by Gasteiger charge is 2.63. The number of halogens is 1. The van der Waals surface area contributed by atoms with Crippen molar-refractivity contribution in [2.24, 2.45) is 0 Å². The normalized spacial score (nSPS) is 22.1. The van der Waals surface area contributed by atoms with E-state index in [4.69, 9.17) is 9.47 Å². The zero-order valence-electron chi connectivity index (χ0n) is 23.6. The summed E-state index contributed by atoms with van der Waals surface area (Å²) >= 11 is 1.97. The molecule has 228 valence electrons. The minimum absolute atomic E-state index is 0.151. The topological polar surface area (TPSA) is 163 Å². The van der Waals surface area contributed by atoms with E-state index in [9.17, 15) is 25.5 Å². The van der Waals surface area contributed by atoms with Gasteiger partial charge in [-0.2, -0.15) is 9.78 Å². The van der Waals surface area contributed by atoms with Crippen LogP contribution in [0, 0.1) is 3.70 Å². The molecular formula is C32H31IN4O7. The van der Waals surface area contributed by atoms with Crippen molar-refractivity contribution in [1.29, 1.82) is 0 Å². The Kier molecular flexibility index (Phi) is 8.41. The van der Waals surface area contributed by atoms with E-state index in [1.54, 1.807) is 12.1 Å². The van der Waals surface area contributed by atoms with Gasteiger partial charge in [-0.1, -0.05) is 84.9 Å². The molecule has 0 spiro atoms. The molecule has 12 heteroatoms. The molecule has 0 radical (unpaired) electrons. The van der Waals surface area contributed by atoms with Gasteiger partial charge >= 0.3 is 0 Å². The Hall–Kier alpha value is -3.50. The predicted octanol–water partition coefficient (Wildman–Crippen LogP) is 2.48. The van der Waals surface area contributed by atoms with Crippen molar-refractivity contribution in [2.45, 2.75) is 35.6 Å². The van der Waals surface area contributed by atoms with Crippen LogP contribution in [0.3, 0.4) is 0 Å². The van der Waals surface area contributed by atoms with Crippen LogP contribution < -0.4 is 4.74 Å². The first-order chi connectivity index (χ1) is 21.3. The summed E-state index contributed by atoms with van der Waals surface area (Å²) in [7, 11) is 1.45. The molecule has 3 heterocycles. The quantitative estimate of drug-likeness (QED) is 0.114. The highest BCUT2D eigenvalue weighted by molar-refractivity contribution is 14.1. The van der Waals surface area contributed by atoms with E-state index in [0.717, 1.165) is 21.4 Å². The number of rotatable bonds is 9. The van der Waals surface area contributed by atoms with Gasteiger partial charge in [0, 0.05) is 5.92 Å². The van der Waals surface area contributed by atoms with Crippen molar-refractivity contribution in [2.75, 3.05) is 20.3 Å². The smallest absolute Gasteiger partial charge is 0.280 e. The molecule has 1 saturated heterocycles. The molecule has 1 aliphatic heterocycles. The summed E-state index contributed by atoms with van der Waals surface area (Å²) in [6.45, 7) is -1.89. The standard InChI is InChI=1S/C32H31IN4O7/c1-43-30-24-28(33)36-37(29(24)34-18-35-30)32(42)25(26(40)27(44-32)31(41,16-38)17-39)22-15-9-8-14-21(22)23(19-10-4-2-5-11-19)20-12-6-3-7-13-20/h2-15,18,23,25-27,38-42H,16-17H2,1H3/t25?,26-,27-,32-/m0/s1. The molecule has 44 heavy (non-hydrogen) atoms. The summed E-state index contributed by atoms with van der Waals surface area (Å²) < 4.78 is 13.1. The molecule has 5 N–H and O–H groups in total. The second-order valence-electron chi connectivity index (χ2n) is 10.8. The van der Waals surface area contributed by atoms with Crippen molar-refractivity contribution >= 4 is 33.6 Å². The van der Waals surface area contributed by atoms with Crippen molar-refractivity contribution in [3.63, 3.8) is 0 Å². The van der Waals surface area contributed by atoms with E-state index in [1.165, 1.54) is 13.4 Å². The minimum Gasteiger partial charge on any atom is -0.480 e. The Balaban J connectivity index is 1.62. The van der Waals surface area contributed by atoms with Gasteiger partial charge in [-0.15, -0.1) is 0 Å². The van der Waals surface area contributed by atoms with Gasteiger partial charge in [-0.05, 0) is 44.8 Å². The Labute approximate surface area is 266 Å². The lowest BCUT2D eigenvalue weighted by Gasteiger charge is -2.33. The van der Waals surface area contributed by atoms with Gasteiger partial charge in [0.1, 0.15) is 27.1 Å². The lowest BCUT2D eigenvalue weighted by molar-refractivity contribution is -0.291. The summed E-state index contributed by atoms with van der Waals surface area (Å²) in [5.41, 5.74) is 1.04. The van der Waals surface area contributed by atoms with Crippen LogP contribution in [0.2, 0.25) is 0 Å². The number of ether oxygens (including phenoxy) is 2. The maximum absolute atomic E-state index is 12.6. The van der Waals surface area contributed by atoms with Crippen LogP contribution in [0.1, 0.15) is 34.1 Å². The molecule has 1 unspecified atom stereocenters. The third kappa shape index (κ3) is 4.96. The molecule has 3 aromatic carbocycles. The monoisotopic (exact) mass is 710 g/mol.